The van der Waals surface area contributed by atoms with Gasteiger partial charge in [-0.1, -0.05) is 30.3 Å². The highest BCUT2D eigenvalue weighted by Crippen LogP contribution is 2.01. The monoisotopic (exact) mass is 218 g/mol. The van der Waals surface area contributed by atoms with Crippen molar-refractivity contribution in [3.63, 3.8) is 0 Å². The van der Waals surface area contributed by atoms with Crippen LogP contribution in [0.4, 0.5) is 0 Å². The van der Waals surface area contributed by atoms with Gasteiger partial charge in [-0.3, -0.25) is 4.90 Å². The molecule has 0 aliphatic rings. The fourth-order valence-electron chi connectivity index (χ4n) is 1.41. The highest BCUT2D eigenvalue weighted by Gasteiger charge is 1.99. The van der Waals surface area contributed by atoms with Crippen molar-refractivity contribution in [1.29, 1.82) is 5.26 Å². The summed E-state index contributed by atoms with van der Waals surface area (Å²) in [6.45, 7) is 3.05. The number of ether oxygens (including phenoxy) is 1. The third-order valence-corrected chi connectivity index (χ3v) is 2.27. The van der Waals surface area contributed by atoms with Crippen molar-refractivity contribution in [2.75, 3.05) is 26.8 Å². The molecule has 3 nitrogen and oxygen atoms in total. The van der Waals surface area contributed by atoms with Crippen LogP contribution in [0.15, 0.2) is 30.3 Å². The maximum absolute atomic E-state index is 8.33. The zero-order valence-electron chi connectivity index (χ0n) is 9.72. The first kappa shape index (κ1) is 12.7. The molecule has 0 atom stereocenters. The van der Waals surface area contributed by atoms with Gasteiger partial charge in [-0.05, 0) is 12.6 Å². The number of nitriles is 1. The van der Waals surface area contributed by atoms with Gasteiger partial charge in [0.2, 0.25) is 0 Å². The maximum atomic E-state index is 8.33. The molecule has 0 aromatic heterocycles. The number of likely N-dealkylation sites (N-methyl/N-ethyl adjacent to an activating group) is 1. The van der Waals surface area contributed by atoms with Crippen LogP contribution in [0.1, 0.15) is 12.0 Å². The first-order chi connectivity index (χ1) is 7.83. The predicted octanol–water partition coefficient (Wildman–Crippen LogP) is 2.05. The average Bonchev–Trinajstić information content (AvgIpc) is 2.30. The van der Waals surface area contributed by atoms with Crippen molar-refractivity contribution in [1.82, 2.24) is 4.90 Å². The molecule has 0 saturated heterocycles. The fraction of sp³-hybridized carbons (Fsp3) is 0.462. The molecule has 16 heavy (non-hydrogen) atoms. The van der Waals surface area contributed by atoms with Crippen molar-refractivity contribution in [3.05, 3.63) is 35.9 Å². The third-order valence-electron chi connectivity index (χ3n) is 2.27. The number of hydrogen-bond donors (Lipinski definition) is 0. The molecule has 86 valence electrons. The summed E-state index contributed by atoms with van der Waals surface area (Å²) in [7, 11) is 2.07. The van der Waals surface area contributed by atoms with Crippen LogP contribution >= 0.6 is 0 Å². The zero-order valence-corrected chi connectivity index (χ0v) is 9.72. The predicted molar refractivity (Wildman–Crippen MR) is 63.8 cm³/mol. The Balaban J connectivity index is 2.12. The average molecular weight is 218 g/mol. The topological polar surface area (TPSA) is 36.3 Å². The summed E-state index contributed by atoms with van der Waals surface area (Å²) in [5, 5.41) is 8.33. The Kier molecular flexibility index (Phi) is 6.24. The van der Waals surface area contributed by atoms with Crippen LogP contribution in [0.2, 0.25) is 0 Å². The van der Waals surface area contributed by atoms with Gasteiger partial charge in [-0.15, -0.1) is 0 Å². The molecule has 0 N–H and O–H groups in total. The van der Waals surface area contributed by atoms with Crippen molar-refractivity contribution in [3.8, 4) is 6.07 Å². The van der Waals surface area contributed by atoms with Gasteiger partial charge in [0.15, 0.2) is 0 Å². The van der Waals surface area contributed by atoms with E-state index in [1.807, 2.05) is 18.2 Å². The molecular formula is C13H18N2O. The van der Waals surface area contributed by atoms with E-state index in [0.29, 0.717) is 19.6 Å². The molecule has 0 heterocycles. The van der Waals surface area contributed by atoms with Gasteiger partial charge < -0.3 is 4.74 Å². The van der Waals surface area contributed by atoms with E-state index in [1.165, 1.54) is 5.56 Å². The normalized spacial score (nSPS) is 10.3. The Morgan fingerprint density at radius 2 is 2.00 bits per heavy atom. The molecule has 0 saturated carbocycles. The summed E-state index contributed by atoms with van der Waals surface area (Å²) in [6.07, 6.45) is 0.475. The second kappa shape index (κ2) is 7.86. The lowest BCUT2D eigenvalue weighted by Gasteiger charge is -2.16. The molecule has 0 unspecified atom stereocenters. The molecule has 1 aromatic rings. The third kappa shape index (κ3) is 5.50. The van der Waals surface area contributed by atoms with Gasteiger partial charge in [0.05, 0.1) is 25.7 Å². The smallest absolute Gasteiger partial charge is 0.0645 e. The Hall–Kier alpha value is -1.37. The van der Waals surface area contributed by atoms with Gasteiger partial charge in [0.25, 0.3) is 0 Å². The van der Waals surface area contributed by atoms with Crippen LogP contribution in [0.5, 0.6) is 0 Å². The molecule has 0 spiro atoms. The molecule has 0 radical (unpaired) electrons. The molecule has 0 aliphatic heterocycles. The van der Waals surface area contributed by atoms with E-state index in [4.69, 9.17) is 10.00 Å². The summed E-state index contributed by atoms with van der Waals surface area (Å²) >= 11 is 0. The summed E-state index contributed by atoms with van der Waals surface area (Å²) in [6, 6.07) is 12.4. The van der Waals surface area contributed by atoms with E-state index in [0.717, 1.165) is 13.1 Å². The Morgan fingerprint density at radius 3 is 2.69 bits per heavy atom. The Bertz CT molecular complexity index is 318. The molecule has 0 amide bonds. The van der Waals surface area contributed by atoms with Gasteiger partial charge in [-0.25, -0.2) is 0 Å². The zero-order chi connectivity index (χ0) is 11.6. The molecular weight excluding hydrogens is 200 g/mol. The molecule has 0 bridgehead atoms. The highest BCUT2D eigenvalue weighted by atomic mass is 16.5. The lowest BCUT2D eigenvalue weighted by Crippen LogP contribution is -2.22. The first-order valence-electron chi connectivity index (χ1n) is 5.50. The van der Waals surface area contributed by atoms with E-state index >= 15 is 0 Å². The molecule has 1 aromatic carbocycles. The van der Waals surface area contributed by atoms with Gasteiger partial charge in [0.1, 0.15) is 0 Å². The van der Waals surface area contributed by atoms with E-state index in [1.54, 1.807) is 0 Å². The van der Waals surface area contributed by atoms with Gasteiger partial charge in [0, 0.05) is 13.1 Å². The second-order valence-corrected chi connectivity index (χ2v) is 3.74. The minimum absolute atomic E-state index is 0.475. The second-order valence-electron chi connectivity index (χ2n) is 3.74. The molecule has 0 fully saturated rings. The van der Waals surface area contributed by atoms with Crippen LogP contribution in [-0.4, -0.2) is 31.7 Å². The van der Waals surface area contributed by atoms with Crippen LogP contribution in [-0.2, 0) is 11.3 Å². The summed E-state index contributed by atoms with van der Waals surface area (Å²) in [5.41, 5.74) is 1.31. The Labute approximate surface area is 97.3 Å². The fourth-order valence-corrected chi connectivity index (χ4v) is 1.41. The van der Waals surface area contributed by atoms with Gasteiger partial charge in [-0.2, -0.15) is 5.26 Å². The van der Waals surface area contributed by atoms with Gasteiger partial charge >= 0.3 is 0 Å². The van der Waals surface area contributed by atoms with E-state index < -0.39 is 0 Å². The number of benzene rings is 1. The lowest BCUT2D eigenvalue weighted by molar-refractivity contribution is 0.114. The SMILES string of the molecule is CN(CCOCCC#N)Cc1ccccc1. The van der Waals surface area contributed by atoms with Crippen molar-refractivity contribution in [2.24, 2.45) is 0 Å². The van der Waals surface area contributed by atoms with Crippen LogP contribution in [0, 0.1) is 11.3 Å². The van der Waals surface area contributed by atoms with Crippen LogP contribution < -0.4 is 0 Å². The van der Waals surface area contributed by atoms with E-state index in [9.17, 15) is 0 Å². The summed E-state index contributed by atoms with van der Waals surface area (Å²) in [4.78, 5) is 2.21. The number of hydrogen-bond acceptors (Lipinski definition) is 3. The minimum atomic E-state index is 0.475. The Morgan fingerprint density at radius 1 is 1.25 bits per heavy atom. The minimum Gasteiger partial charge on any atom is -0.379 e. The quantitative estimate of drug-likeness (QED) is 0.657. The maximum Gasteiger partial charge on any atom is 0.0645 e. The highest BCUT2D eigenvalue weighted by molar-refractivity contribution is 5.14. The standard InChI is InChI=1S/C13H18N2O/c1-15(9-11-16-10-5-8-14)12-13-6-3-2-4-7-13/h2-4,6-7H,5,9-12H2,1H3. The first-order valence-corrected chi connectivity index (χ1v) is 5.50. The van der Waals surface area contributed by atoms with E-state index in [2.05, 4.69) is 30.1 Å². The van der Waals surface area contributed by atoms with Crippen molar-refractivity contribution in [2.45, 2.75) is 13.0 Å². The molecule has 1 rings (SSSR count). The van der Waals surface area contributed by atoms with E-state index in [-0.39, 0.29) is 0 Å². The summed E-state index contributed by atoms with van der Waals surface area (Å²) < 4.78 is 5.32. The van der Waals surface area contributed by atoms with Crippen molar-refractivity contribution < 1.29 is 4.74 Å². The lowest BCUT2D eigenvalue weighted by atomic mass is 10.2. The number of rotatable bonds is 7. The number of nitrogens with zero attached hydrogens (tertiary/aromatic N) is 2. The molecule has 3 heteroatoms. The molecule has 0 aliphatic carbocycles. The van der Waals surface area contributed by atoms with Crippen LogP contribution in [0.3, 0.4) is 0 Å². The van der Waals surface area contributed by atoms with Crippen LogP contribution in [0.25, 0.3) is 0 Å². The van der Waals surface area contributed by atoms with Crippen molar-refractivity contribution >= 4 is 0 Å². The summed E-state index contributed by atoms with van der Waals surface area (Å²) in [5.74, 6) is 0. The largest absolute Gasteiger partial charge is 0.379 e.